The maximum absolute atomic E-state index is 13.2. The molecule has 4 heteroatoms. The third-order valence-electron chi connectivity index (χ3n) is 10.4. The van der Waals surface area contributed by atoms with Crippen molar-refractivity contribution < 1.29 is 15.0 Å². The number of pyridine rings is 1. The van der Waals surface area contributed by atoms with E-state index in [1.54, 1.807) is 12.3 Å². The number of allylic oxidation sites excluding steroid dienone is 1. The summed E-state index contributed by atoms with van der Waals surface area (Å²) in [5, 5.41) is 20.9. The molecule has 1 unspecified atom stereocenters. The average molecular weight is 484 g/mol. The Balaban J connectivity index is 1.24. The Kier molecular flexibility index (Phi) is 6.00. The molecule has 2 N–H and O–H groups in total. The molecule has 0 amide bonds. The van der Waals surface area contributed by atoms with Crippen LogP contribution in [0.2, 0.25) is 0 Å². The number of aliphatic hydroxyl groups excluding tert-OH is 1. The number of hydrogen-bond donors (Lipinski definition) is 2. The number of ketones is 1. The first-order valence-electron chi connectivity index (χ1n) is 13.7. The van der Waals surface area contributed by atoms with E-state index >= 15 is 0 Å². The number of aliphatic hydroxyl groups is 2. The molecule has 3 saturated carbocycles. The first-order chi connectivity index (χ1) is 17.4. The minimum absolute atomic E-state index is 0.0238. The molecular formula is C32H37NO3. The molecule has 188 valence electrons. The number of fused-ring (bicyclic) bond motifs is 5. The number of carbonyl (C=O) groups is 1. The highest BCUT2D eigenvalue weighted by molar-refractivity contribution is 5.97. The van der Waals surface area contributed by atoms with E-state index in [1.807, 2.05) is 24.4 Å². The molecule has 4 nitrogen and oxygen atoms in total. The Labute approximate surface area is 214 Å². The maximum Gasteiger partial charge on any atom is 0.163 e. The largest absolute Gasteiger partial charge is 0.392 e. The van der Waals surface area contributed by atoms with Crippen molar-refractivity contribution in [2.45, 2.75) is 63.4 Å². The van der Waals surface area contributed by atoms with Crippen LogP contribution < -0.4 is 0 Å². The second kappa shape index (κ2) is 9.08. The lowest BCUT2D eigenvalue weighted by atomic mass is 9.50. The van der Waals surface area contributed by atoms with Crippen molar-refractivity contribution in [3.63, 3.8) is 0 Å². The van der Waals surface area contributed by atoms with Gasteiger partial charge in [-0.2, -0.15) is 0 Å². The lowest BCUT2D eigenvalue weighted by molar-refractivity contribution is -0.118. The summed E-state index contributed by atoms with van der Waals surface area (Å²) < 4.78 is 0. The van der Waals surface area contributed by atoms with Crippen molar-refractivity contribution in [2.24, 2.45) is 29.1 Å². The minimum Gasteiger partial charge on any atom is -0.392 e. The molecule has 0 radical (unpaired) electrons. The molecule has 36 heavy (non-hydrogen) atoms. The number of carbonyl (C=O) groups excluding carboxylic acids is 1. The molecule has 1 aromatic carbocycles. The van der Waals surface area contributed by atoms with E-state index < -0.39 is 5.60 Å². The minimum atomic E-state index is -0.817. The Morgan fingerprint density at radius 2 is 1.89 bits per heavy atom. The molecule has 4 aliphatic rings. The molecule has 4 aliphatic carbocycles. The zero-order chi connectivity index (χ0) is 24.9. The number of aromatic nitrogens is 1. The molecular weight excluding hydrogens is 446 g/mol. The van der Waals surface area contributed by atoms with Crippen molar-refractivity contribution in [3.8, 4) is 11.1 Å². The monoisotopic (exact) mass is 483 g/mol. The topological polar surface area (TPSA) is 70.4 Å². The van der Waals surface area contributed by atoms with E-state index in [2.05, 4.69) is 42.2 Å². The van der Waals surface area contributed by atoms with Crippen molar-refractivity contribution >= 4 is 5.78 Å². The van der Waals surface area contributed by atoms with Gasteiger partial charge in [-0.1, -0.05) is 55.0 Å². The Bertz CT molecular complexity index is 1190. The number of hydrogen-bond acceptors (Lipinski definition) is 4. The number of nitrogens with zero attached hydrogens (tertiary/aromatic N) is 1. The Hall–Kier alpha value is -2.56. The van der Waals surface area contributed by atoms with Gasteiger partial charge in [0.15, 0.2) is 5.78 Å². The molecule has 0 saturated heterocycles. The smallest absolute Gasteiger partial charge is 0.163 e. The van der Waals surface area contributed by atoms with Gasteiger partial charge in [0.05, 0.1) is 12.2 Å². The van der Waals surface area contributed by atoms with Gasteiger partial charge in [-0.15, -0.1) is 0 Å². The van der Waals surface area contributed by atoms with Crippen molar-refractivity contribution in [1.82, 2.24) is 4.98 Å². The third kappa shape index (κ3) is 3.72. The second-order valence-electron chi connectivity index (χ2n) is 11.9. The third-order valence-corrected chi connectivity index (χ3v) is 10.4. The van der Waals surface area contributed by atoms with E-state index in [-0.39, 0.29) is 23.7 Å². The Morgan fingerprint density at radius 3 is 2.64 bits per heavy atom. The fourth-order valence-electron chi connectivity index (χ4n) is 8.50. The predicted molar refractivity (Wildman–Crippen MR) is 141 cm³/mol. The van der Waals surface area contributed by atoms with Crippen LogP contribution in [0.5, 0.6) is 0 Å². The lowest BCUT2D eigenvalue weighted by Crippen LogP contribution is -2.52. The molecule has 2 aromatic rings. The van der Waals surface area contributed by atoms with Gasteiger partial charge in [0, 0.05) is 23.7 Å². The van der Waals surface area contributed by atoms with Crippen LogP contribution in [-0.4, -0.2) is 33.2 Å². The maximum atomic E-state index is 13.2. The summed E-state index contributed by atoms with van der Waals surface area (Å²) in [7, 11) is 0. The van der Waals surface area contributed by atoms with Gasteiger partial charge in [-0.3, -0.25) is 9.78 Å². The second-order valence-corrected chi connectivity index (χ2v) is 11.9. The quantitative estimate of drug-likeness (QED) is 0.534. The molecule has 7 atom stereocenters. The van der Waals surface area contributed by atoms with Crippen molar-refractivity contribution in [1.29, 1.82) is 0 Å². The zero-order valence-corrected chi connectivity index (χ0v) is 21.1. The number of rotatable bonds is 4. The van der Waals surface area contributed by atoms with E-state index in [1.165, 1.54) is 5.57 Å². The van der Waals surface area contributed by atoms with Crippen LogP contribution in [0.25, 0.3) is 11.1 Å². The van der Waals surface area contributed by atoms with Crippen molar-refractivity contribution in [3.05, 3.63) is 78.2 Å². The van der Waals surface area contributed by atoms with Gasteiger partial charge >= 0.3 is 0 Å². The molecule has 0 aliphatic heterocycles. The highest BCUT2D eigenvalue weighted by Gasteiger charge is 2.61. The average Bonchev–Trinajstić information content (AvgIpc) is 3.18. The van der Waals surface area contributed by atoms with Gasteiger partial charge in [-0.05, 0) is 97.5 Å². The highest BCUT2D eigenvalue weighted by Crippen LogP contribution is 2.65. The van der Waals surface area contributed by atoms with E-state index in [4.69, 9.17) is 0 Å². The van der Waals surface area contributed by atoms with Gasteiger partial charge < -0.3 is 10.2 Å². The molecule has 1 heterocycles. The molecule has 0 bridgehead atoms. The van der Waals surface area contributed by atoms with E-state index in [0.717, 1.165) is 61.6 Å². The fraction of sp³-hybridized carbons (Fsp3) is 0.500. The van der Waals surface area contributed by atoms with E-state index in [0.29, 0.717) is 23.7 Å². The van der Waals surface area contributed by atoms with Gasteiger partial charge in [0.2, 0.25) is 0 Å². The molecule has 3 fully saturated rings. The zero-order valence-electron chi connectivity index (χ0n) is 21.1. The summed E-state index contributed by atoms with van der Waals surface area (Å²) in [6.07, 6.45) is 16.3. The fourth-order valence-corrected chi connectivity index (χ4v) is 8.50. The van der Waals surface area contributed by atoms with Gasteiger partial charge in [0.25, 0.3) is 0 Å². The summed E-state index contributed by atoms with van der Waals surface area (Å²) in [6.45, 7) is 2.26. The lowest BCUT2D eigenvalue weighted by Gasteiger charge is -2.55. The van der Waals surface area contributed by atoms with Crippen LogP contribution in [0, 0.1) is 29.1 Å². The summed E-state index contributed by atoms with van der Waals surface area (Å²) in [5.41, 5.74) is 3.76. The highest BCUT2D eigenvalue weighted by atomic mass is 16.3. The van der Waals surface area contributed by atoms with Crippen LogP contribution in [-0.2, 0) is 4.79 Å². The summed E-state index contributed by atoms with van der Waals surface area (Å²) in [4.78, 5) is 17.5. The van der Waals surface area contributed by atoms with Crippen LogP contribution in [0.15, 0.2) is 72.6 Å². The summed E-state index contributed by atoms with van der Waals surface area (Å²) >= 11 is 0. The molecule has 6 rings (SSSR count). The normalized spacial score (nSPS) is 37.8. The van der Waals surface area contributed by atoms with Crippen LogP contribution in [0.4, 0.5) is 0 Å². The first kappa shape index (κ1) is 23.8. The standard InChI is InChI=1S/C32H37NO3/c1-31-14-11-25-26(29(31)12-15-32(31,36)13-3-17-34)10-9-23-18-30(35)28(19-27(23)25)22-7-5-21(6-8-22)24-4-2-16-33-20-24/h2-8,13,16,18,20,25-29,34,36H,9-12,14-15,17,19H2,1H3/b13-3-/t25-,26+,27-,28?,29-,31-,32-/m0/s1. The van der Waals surface area contributed by atoms with Gasteiger partial charge in [0.1, 0.15) is 0 Å². The summed E-state index contributed by atoms with van der Waals surface area (Å²) in [5.74, 6) is 2.36. The van der Waals surface area contributed by atoms with Crippen LogP contribution in [0.1, 0.15) is 63.4 Å². The van der Waals surface area contributed by atoms with Crippen LogP contribution >= 0.6 is 0 Å². The molecule has 1 aromatic heterocycles. The van der Waals surface area contributed by atoms with E-state index in [9.17, 15) is 15.0 Å². The molecule has 0 spiro atoms. The van der Waals surface area contributed by atoms with Gasteiger partial charge in [-0.25, -0.2) is 0 Å². The van der Waals surface area contributed by atoms with Crippen LogP contribution in [0.3, 0.4) is 0 Å². The SMILES string of the molecule is C[C@]12CC[C@H]3[C@@H](CCC4=CC(=O)C(c5ccc(-c6cccnc6)cc5)C[C@@H]43)[C@@H]1CC[C@@]2(O)/C=C\CO. The number of benzene rings is 1. The predicted octanol–water partition coefficient (Wildman–Crippen LogP) is 5.86. The van der Waals surface area contributed by atoms with Crippen molar-refractivity contribution in [2.75, 3.05) is 6.61 Å². The Morgan fingerprint density at radius 1 is 1.06 bits per heavy atom. The first-order valence-corrected chi connectivity index (χ1v) is 13.7. The summed E-state index contributed by atoms with van der Waals surface area (Å²) in [6, 6.07) is 12.5.